The zero-order valence-electron chi connectivity index (χ0n) is 12.7. The standard InChI is InChI=1S/C17H11N3O4S/c21-15(10-5-7-23-9-10)18-11-3-4-12-14(8-11)25-17(19-12)20-16(22)13-2-1-6-24-13/h1-9H,(H,18,21)(H,19,20,22). The molecule has 0 atom stereocenters. The van der Waals surface area contributed by atoms with Gasteiger partial charge in [-0.1, -0.05) is 11.3 Å². The van der Waals surface area contributed by atoms with E-state index >= 15 is 0 Å². The number of hydrogen-bond acceptors (Lipinski definition) is 6. The van der Waals surface area contributed by atoms with E-state index in [1.807, 2.05) is 0 Å². The van der Waals surface area contributed by atoms with E-state index in [4.69, 9.17) is 8.83 Å². The minimum Gasteiger partial charge on any atom is -0.472 e. The van der Waals surface area contributed by atoms with Crippen molar-refractivity contribution in [2.24, 2.45) is 0 Å². The number of nitrogens with zero attached hydrogens (tertiary/aromatic N) is 1. The van der Waals surface area contributed by atoms with Crippen molar-refractivity contribution in [1.82, 2.24) is 4.98 Å². The number of rotatable bonds is 4. The molecule has 0 aliphatic carbocycles. The molecule has 124 valence electrons. The van der Waals surface area contributed by atoms with Crippen molar-refractivity contribution in [3.05, 3.63) is 66.5 Å². The van der Waals surface area contributed by atoms with Gasteiger partial charge in [-0.05, 0) is 36.4 Å². The predicted octanol–water partition coefficient (Wildman–Crippen LogP) is 3.99. The molecule has 8 heteroatoms. The molecule has 0 saturated carbocycles. The topological polar surface area (TPSA) is 97.4 Å². The molecule has 0 radical (unpaired) electrons. The summed E-state index contributed by atoms with van der Waals surface area (Å²) < 4.78 is 10.8. The zero-order chi connectivity index (χ0) is 17.2. The summed E-state index contributed by atoms with van der Waals surface area (Å²) in [5, 5.41) is 5.93. The van der Waals surface area contributed by atoms with Crippen LogP contribution in [0.4, 0.5) is 10.8 Å². The van der Waals surface area contributed by atoms with Crippen LogP contribution in [0.3, 0.4) is 0 Å². The summed E-state index contributed by atoms with van der Waals surface area (Å²) in [6, 6.07) is 10.1. The zero-order valence-corrected chi connectivity index (χ0v) is 13.5. The van der Waals surface area contributed by atoms with Gasteiger partial charge in [0, 0.05) is 5.69 Å². The third kappa shape index (κ3) is 3.15. The summed E-state index contributed by atoms with van der Waals surface area (Å²) in [5.41, 5.74) is 1.79. The fourth-order valence-corrected chi connectivity index (χ4v) is 3.12. The van der Waals surface area contributed by atoms with Gasteiger partial charge in [0.1, 0.15) is 6.26 Å². The van der Waals surface area contributed by atoms with Crippen molar-refractivity contribution in [1.29, 1.82) is 0 Å². The molecule has 25 heavy (non-hydrogen) atoms. The van der Waals surface area contributed by atoms with E-state index in [0.717, 1.165) is 10.2 Å². The highest BCUT2D eigenvalue weighted by molar-refractivity contribution is 7.22. The molecule has 0 unspecified atom stereocenters. The Morgan fingerprint density at radius 2 is 1.96 bits per heavy atom. The molecule has 0 spiro atoms. The highest BCUT2D eigenvalue weighted by Crippen LogP contribution is 2.29. The van der Waals surface area contributed by atoms with Crippen molar-refractivity contribution < 1.29 is 18.4 Å². The first-order chi connectivity index (χ1) is 12.2. The molecule has 1 aromatic carbocycles. The maximum absolute atomic E-state index is 12.0. The van der Waals surface area contributed by atoms with E-state index in [1.54, 1.807) is 36.4 Å². The monoisotopic (exact) mass is 353 g/mol. The largest absolute Gasteiger partial charge is 0.472 e. The lowest BCUT2D eigenvalue weighted by Crippen LogP contribution is -2.10. The van der Waals surface area contributed by atoms with Gasteiger partial charge in [-0.2, -0.15) is 0 Å². The van der Waals surface area contributed by atoms with Crippen LogP contribution >= 0.6 is 11.3 Å². The lowest BCUT2D eigenvalue weighted by atomic mass is 10.2. The second kappa shape index (κ2) is 6.25. The molecule has 0 aliphatic heterocycles. The summed E-state index contributed by atoms with van der Waals surface area (Å²) in [6.07, 6.45) is 4.25. The molecule has 4 aromatic rings. The van der Waals surface area contributed by atoms with Crippen LogP contribution in [0.25, 0.3) is 10.2 Å². The number of aromatic nitrogens is 1. The molecule has 3 aromatic heterocycles. The van der Waals surface area contributed by atoms with Crippen molar-refractivity contribution in [2.45, 2.75) is 0 Å². The van der Waals surface area contributed by atoms with Crippen LogP contribution in [0.1, 0.15) is 20.9 Å². The van der Waals surface area contributed by atoms with Crippen molar-refractivity contribution in [2.75, 3.05) is 10.6 Å². The first kappa shape index (κ1) is 15.2. The van der Waals surface area contributed by atoms with E-state index in [-0.39, 0.29) is 17.6 Å². The number of hydrogen-bond donors (Lipinski definition) is 2. The second-order valence-corrected chi connectivity index (χ2v) is 6.13. The molecule has 4 rings (SSSR count). The van der Waals surface area contributed by atoms with Crippen LogP contribution in [-0.2, 0) is 0 Å². The highest BCUT2D eigenvalue weighted by Gasteiger charge is 2.13. The van der Waals surface area contributed by atoms with E-state index in [1.165, 1.54) is 30.1 Å². The van der Waals surface area contributed by atoms with Gasteiger partial charge in [-0.25, -0.2) is 4.98 Å². The average molecular weight is 353 g/mol. The number of amides is 2. The summed E-state index contributed by atoms with van der Waals surface area (Å²) in [4.78, 5) is 28.4. The van der Waals surface area contributed by atoms with Crippen LogP contribution in [-0.4, -0.2) is 16.8 Å². The van der Waals surface area contributed by atoms with E-state index in [2.05, 4.69) is 15.6 Å². The van der Waals surface area contributed by atoms with Crippen LogP contribution in [0, 0.1) is 0 Å². The van der Waals surface area contributed by atoms with Crippen molar-refractivity contribution in [3.63, 3.8) is 0 Å². The molecular weight excluding hydrogens is 342 g/mol. The smallest absolute Gasteiger partial charge is 0.293 e. The lowest BCUT2D eigenvalue weighted by molar-refractivity contribution is 0.0994. The minimum absolute atomic E-state index is 0.215. The Kier molecular flexibility index (Phi) is 3.79. The number of carbonyl (C=O) groups excluding carboxylic acids is 2. The molecule has 0 fully saturated rings. The van der Waals surface area contributed by atoms with Crippen molar-refractivity contribution >= 4 is 44.2 Å². The molecule has 3 heterocycles. The van der Waals surface area contributed by atoms with Crippen LogP contribution < -0.4 is 10.6 Å². The number of benzene rings is 1. The Morgan fingerprint density at radius 1 is 1.04 bits per heavy atom. The second-order valence-electron chi connectivity index (χ2n) is 5.10. The van der Waals surface area contributed by atoms with E-state index < -0.39 is 0 Å². The van der Waals surface area contributed by atoms with Gasteiger partial charge in [0.05, 0.1) is 28.3 Å². The Balaban J connectivity index is 1.53. The molecule has 2 N–H and O–H groups in total. The Morgan fingerprint density at radius 3 is 2.72 bits per heavy atom. The number of thiazole rings is 1. The third-order valence-corrected chi connectivity index (χ3v) is 4.33. The summed E-state index contributed by atoms with van der Waals surface area (Å²) >= 11 is 1.31. The van der Waals surface area contributed by atoms with Gasteiger partial charge in [-0.15, -0.1) is 0 Å². The number of fused-ring (bicyclic) bond motifs is 1. The first-order valence-corrected chi connectivity index (χ1v) is 8.10. The van der Waals surface area contributed by atoms with Crippen molar-refractivity contribution in [3.8, 4) is 0 Å². The normalized spacial score (nSPS) is 10.7. The Hall–Kier alpha value is -3.39. The number of nitrogens with one attached hydrogen (secondary N) is 2. The van der Waals surface area contributed by atoms with Gasteiger partial charge in [0.15, 0.2) is 10.9 Å². The number of carbonyl (C=O) groups is 2. The molecule has 0 saturated heterocycles. The summed E-state index contributed by atoms with van der Waals surface area (Å²) in [7, 11) is 0. The van der Waals surface area contributed by atoms with Gasteiger partial charge in [0.2, 0.25) is 0 Å². The summed E-state index contributed by atoms with van der Waals surface area (Å²) in [5.74, 6) is -0.408. The maximum Gasteiger partial charge on any atom is 0.293 e. The molecule has 2 amide bonds. The third-order valence-electron chi connectivity index (χ3n) is 3.40. The van der Waals surface area contributed by atoms with E-state index in [0.29, 0.717) is 16.4 Å². The Bertz CT molecular complexity index is 989. The van der Waals surface area contributed by atoms with Crippen LogP contribution in [0.2, 0.25) is 0 Å². The quantitative estimate of drug-likeness (QED) is 0.578. The van der Waals surface area contributed by atoms with Crippen LogP contribution in [0.5, 0.6) is 0 Å². The van der Waals surface area contributed by atoms with E-state index in [9.17, 15) is 9.59 Å². The molecular formula is C17H11N3O4S. The van der Waals surface area contributed by atoms with Crippen LogP contribution in [0.15, 0.2) is 64.0 Å². The minimum atomic E-state index is -0.363. The fraction of sp³-hybridized carbons (Fsp3) is 0. The lowest BCUT2D eigenvalue weighted by Gasteiger charge is -2.02. The fourth-order valence-electron chi connectivity index (χ4n) is 2.22. The number of anilines is 2. The average Bonchev–Trinajstić information content (AvgIpc) is 3.35. The Labute approximate surface area is 145 Å². The number of furan rings is 2. The molecule has 0 aliphatic rings. The van der Waals surface area contributed by atoms with Gasteiger partial charge < -0.3 is 14.2 Å². The SMILES string of the molecule is O=C(Nc1ccc2nc(NC(=O)c3ccco3)sc2c1)c1ccoc1. The molecule has 0 bridgehead atoms. The predicted molar refractivity (Wildman–Crippen MR) is 92.9 cm³/mol. The molecule has 7 nitrogen and oxygen atoms in total. The van der Waals surface area contributed by atoms with Gasteiger partial charge >= 0.3 is 0 Å². The maximum atomic E-state index is 12.0. The van der Waals surface area contributed by atoms with Gasteiger partial charge in [0.25, 0.3) is 11.8 Å². The first-order valence-electron chi connectivity index (χ1n) is 7.28. The summed E-state index contributed by atoms with van der Waals surface area (Å²) in [6.45, 7) is 0. The highest BCUT2D eigenvalue weighted by atomic mass is 32.1. The van der Waals surface area contributed by atoms with Gasteiger partial charge in [-0.3, -0.25) is 14.9 Å².